The van der Waals surface area contributed by atoms with Crippen molar-refractivity contribution in [1.82, 2.24) is 15.1 Å². The maximum Gasteiger partial charge on any atom is 0.275 e. The normalized spacial score (nSPS) is 25.8. The molecule has 21 heavy (non-hydrogen) atoms. The molecule has 1 aromatic heterocycles. The van der Waals surface area contributed by atoms with Crippen LogP contribution in [-0.4, -0.2) is 46.3 Å². The Hall–Kier alpha value is -1.88. The van der Waals surface area contributed by atoms with Crippen LogP contribution in [0.5, 0.6) is 0 Å². The summed E-state index contributed by atoms with van der Waals surface area (Å²) in [6.07, 6.45) is 4.69. The predicted octanol–water partition coefficient (Wildman–Crippen LogP) is 2.35. The third-order valence-corrected chi connectivity index (χ3v) is 4.67. The summed E-state index contributed by atoms with van der Waals surface area (Å²) in [5.41, 5.74) is 1.45. The van der Waals surface area contributed by atoms with Crippen molar-refractivity contribution in [3.8, 4) is 0 Å². The number of hydrogen-bond donors (Lipinski definition) is 1. The maximum atomic E-state index is 12.9. The van der Waals surface area contributed by atoms with Gasteiger partial charge in [0.1, 0.15) is 0 Å². The zero-order chi connectivity index (χ0) is 14.2. The average molecular weight is 285 g/mol. The van der Waals surface area contributed by atoms with E-state index >= 15 is 0 Å². The molecular weight excluding hydrogens is 266 g/mol. The first-order valence-electron chi connectivity index (χ1n) is 7.70. The Morgan fingerprint density at radius 2 is 2.14 bits per heavy atom. The molecule has 1 N–H and O–H groups in total. The van der Waals surface area contributed by atoms with Crippen molar-refractivity contribution in [3.05, 3.63) is 30.0 Å². The summed E-state index contributed by atoms with van der Waals surface area (Å²) < 4.78 is 5.85. The Labute approximate surface area is 123 Å². The maximum absolute atomic E-state index is 12.9. The van der Waals surface area contributed by atoms with Gasteiger partial charge in [-0.3, -0.25) is 9.89 Å². The summed E-state index contributed by atoms with van der Waals surface area (Å²) in [4.78, 5) is 14.9. The Balaban J connectivity index is 1.67. The summed E-state index contributed by atoms with van der Waals surface area (Å²) in [6, 6.07) is 8.00. The SMILES string of the molecule is O=C(c1n[nH]c2ccccc12)N1CCO[C@@H]2CCCC[C@@H]21. The quantitative estimate of drug-likeness (QED) is 0.875. The minimum absolute atomic E-state index is 0.0349. The van der Waals surface area contributed by atoms with Crippen LogP contribution in [-0.2, 0) is 4.74 Å². The fourth-order valence-electron chi connectivity index (χ4n) is 3.61. The van der Waals surface area contributed by atoms with Crippen molar-refractivity contribution >= 4 is 16.8 Å². The molecule has 1 saturated heterocycles. The van der Waals surface area contributed by atoms with Gasteiger partial charge in [-0.1, -0.05) is 31.0 Å². The lowest BCUT2D eigenvalue weighted by atomic mass is 9.90. The number of rotatable bonds is 1. The molecule has 1 saturated carbocycles. The van der Waals surface area contributed by atoms with Gasteiger partial charge in [-0.15, -0.1) is 0 Å². The number of para-hydroxylation sites is 1. The molecule has 110 valence electrons. The molecule has 5 nitrogen and oxygen atoms in total. The van der Waals surface area contributed by atoms with Gasteiger partial charge >= 0.3 is 0 Å². The molecule has 0 unspecified atom stereocenters. The molecule has 2 aliphatic rings. The number of benzene rings is 1. The van der Waals surface area contributed by atoms with Gasteiger partial charge in [0.05, 0.1) is 24.3 Å². The van der Waals surface area contributed by atoms with Gasteiger partial charge < -0.3 is 9.64 Å². The van der Waals surface area contributed by atoms with E-state index in [0.29, 0.717) is 18.8 Å². The number of fused-ring (bicyclic) bond motifs is 2. The molecule has 4 rings (SSSR count). The van der Waals surface area contributed by atoms with Crippen molar-refractivity contribution in [3.63, 3.8) is 0 Å². The number of morpholine rings is 1. The van der Waals surface area contributed by atoms with Crippen LogP contribution in [0.1, 0.15) is 36.2 Å². The lowest BCUT2D eigenvalue weighted by Crippen LogP contribution is -2.54. The topological polar surface area (TPSA) is 58.2 Å². The van der Waals surface area contributed by atoms with Crippen LogP contribution in [0, 0.1) is 0 Å². The van der Waals surface area contributed by atoms with Gasteiger partial charge in [0.2, 0.25) is 0 Å². The summed E-state index contributed by atoms with van der Waals surface area (Å²) in [6.45, 7) is 1.30. The number of ether oxygens (including phenoxy) is 1. The van der Waals surface area contributed by atoms with E-state index in [1.807, 2.05) is 29.2 Å². The molecule has 0 bridgehead atoms. The fourth-order valence-corrected chi connectivity index (χ4v) is 3.61. The molecule has 0 radical (unpaired) electrons. The molecule has 2 fully saturated rings. The van der Waals surface area contributed by atoms with E-state index in [1.165, 1.54) is 12.8 Å². The Morgan fingerprint density at radius 1 is 1.29 bits per heavy atom. The van der Waals surface area contributed by atoms with Gasteiger partial charge in [0, 0.05) is 11.9 Å². The highest BCUT2D eigenvalue weighted by Gasteiger charge is 2.37. The van der Waals surface area contributed by atoms with Crippen LogP contribution in [0.25, 0.3) is 10.9 Å². The zero-order valence-electron chi connectivity index (χ0n) is 11.9. The molecule has 1 amide bonds. The molecule has 2 aromatic rings. The van der Waals surface area contributed by atoms with E-state index in [2.05, 4.69) is 10.2 Å². The van der Waals surface area contributed by atoms with E-state index in [4.69, 9.17) is 4.74 Å². The Morgan fingerprint density at radius 3 is 3.10 bits per heavy atom. The van der Waals surface area contributed by atoms with E-state index in [1.54, 1.807) is 0 Å². The minimum atomic E-state index is 0.0349. The standard InChI is InChI=1S/C16H19N3O2/c20-16(15-11-5-1-2-6-12(11)17-18-15)19-9-10-21-14-8-4-3-7-13(14)19/h1-2,5-6,13-14H,3-4,7-10H2,(H,17,18)/t13-,14+/m0/s1. The lowest BCUT2D eigenvalue weighted by Gasteiger charge is -2.43. The summed E-state index contributed by atoms with van der Waals surface area (Å²) in [7, 11) is 0. The molecule has 2 heterocycles. The number of amides is 1. The predicted molar refractivity (Wildman–Crippen MR) is 79.1 cm³/mol. The Kier molecular flexibility index (Phi) is 3.15. The van der Waals surface area contributed by atoms with Gasteiger partial charge in [-0.05, 0) is 18.9 Å². The van der Waals surface area contributed by atoms with E-state index in [0.717, 1.165) is 23.7 Å². The number of carbonyl (C=O) groups excluding carboxylic acids is 1. The third-order valence-electron chi connectivity index (χ3n) is 4.67. The summed E-state index contributed by atoms with van der Waals surface area (Å²) in [5, 5.41) is 8.11. The summed E-state index contributed by atoms with van der Waals surface area (Å²) in [5.74, 6) is 0.0349. The minimum Gasteiger partial charge on any atom is -0.374 e. The van der Waals surface area contributed by atoms with Gasteiger partial charge in [0.15, 0.2) is 5.69 Å². The van der Waals surface area contributed by atoms with Crippen LogP contribution in [0.2, 0.25) is 0 Å². The number of nitrogens with zero attached hydrogens (tertiary/aromatic N) is 2. The molecule has 5 heteroatoms. The van der Waals surface area contributed by atoms with Crippen molar-refractivity contribution in [2.24, 2.45) is 0 Å². The van der Waals surface area contributed by atoms with Gasteiger partial charge in [-0.25, -0.2) is 0 Å². The first-order chi connectivity index (χ1) is 10.3. The highest BCUT2D eigenvalue weighted by Crippen LogP contribution is 2.30. The van der Waals surface area contributed by atoms with E-state index in [9.17, 15) is 4.79 Å². The van der Waals surface area contributed by atoms with Crippen molar-refractivity contribution in [1.29, 1.82) is 0 Å². The number of aromatic nitrogens is 2. The van der Waals surface area contributed by atoms with Crippen molar-refractivity contribution < 1.29 is 9.53 Å². The lowest BCUT2D eigenvalue weighted by molar-refractivity contribution is -0.0753. The molecule has 1 aromatic carbocycles. The van der Waals surface area contributed by atoms with Crippen LogP contribution < -0.4 is 0 Å². The van der Waals surface area contributed by atoms with Crippen LogP contribution >= 0.6 is 0 Å². The second kappa shape index (κ2) is 5.15. The number of hydrogen-bond acceptors (Lipinski definition) is 3. The van der Waals surface area contributed by atoms with Crippen LogP contribution in [0.4, 0.5) is 0 Å². The second-order valence-corrected chi connectivity index (χ2v) is 5.88. The zero-order valence-corrected chi connectivity index (χ0v) is 11.9. The smallest absolute Gasteiger partial charge is 0.275 e. The van der Waals surface area contributed by atoms with Crippen molar-refractivity contribution in [2.75, 3.05) is 13.2 Å². The number of H-pyrrole nitrogens is 1. The largest absolute Gasteiger partial charge is 0.374 e. The number of aromatic amines is 1. The fraction of sp³-hybridized carbons (Fsp3) is 0.500. The average Bonchev–Trinajstić information content (AvgIpc) is 2.98. The summed E-state index contributed by atoms with van der Waals surface area (Å²) >= 11 is 0. The third kappa shape index (κ3) is 2.12. The first-order valence-corrected chi connectivity index (χ1v) is 7.70. The van der Waals surface area contributed by atoms with E-state index < -0.39 is 0 Å². The molecule has 0 spiro atoms. The van der Waals surface area contributed by atoms with E-state index in [-0.39, 0.29) is 18.1 Å². The molecular formula is C16H19N3O2. The second-order valence-electron chi connectivity index (χ2n) is 5.88. The highest BCUT2D eigenvalue weighted by molar-refractivity contribution is 6.04. The highest BCUT2D eigenvalue weighted by atomic mass is 16.5. The Bertz CT molecular complexity index is 664. The number of carbonyl (C=O) groups is 1. The van der Waals surface area contributed by atoms with Crippen LogP contribution in [0.15, 0.2) is 24.3 Å². The first kappa shape index (κ1) is 12.8. The monoisotopic (exact) mass is 285 g/mol. The molecule has 1 aliphatic carbocycles. The number of nitrogens with one attached hydrogen (secondary N) is 1. The van der Waals surface area contributed by atoms with Gasteiger partial charge in [0.25, 0.3) is 5.91 Å². The van der Waals surface area contributed by atoms with Gasteiger partial charge in [-0.2, -0.15) is 5.10 Å². The molecule has 1 aliphatic heterocycles. The van der Waals surface area contributed by atoms with Crippen LogP contribution in [0.3, 0.4) is 0 Å². The van der Waals surface area contributed by atoms with Crippen molar-refractivity contribution in [2.45, 2.75) is 37.8 Å². The molecule has 2 atom stereocenters.